The SMILES string of the molecule is CCCC(C#N)(CCC)S(=O)(=O)c1ccccc1F. The summed E-state index contributed by atoms with van der Waals surface area (Å²) in [6, 6.07) is 7.16. The predicted octanol–water partition coefficient (Wildman–Crippen LogP) is 3.46. The van der Waals surface area contributed by atoms with E-state index in [1.54, 1.807) is 0 Å². The number of hydrogen-bond acceptors (Lipinski definition) is 3. The van der Waals surface area contributed by atoms with Gasteiger partial charge in [0.15, 0.2) is 14.6 Å². The Labute approximate surface area is 114 Å². The number of sulfone groups is 1. The van der Waals surface area contributed by atoms with Gasteiger partial charge in [-0.05, 0) is 25.0 Å². The second-order valence-electron chi connectivity index (χ2n) is 4.54. The average Bonchev–Trinajstić information content (AvgIpc) is 2.38. The molecular formula is C14H18FNO2S. The molecule has 0 amide bonds. The van der Waals surface area contributed by atoms with Crippen molar-refractivity contribution in [3.63, 3.8) is 0 Å². The molecule has 0 unspecified atom stereocenters. The molecule has 1 rings (SSSR count). The minimum atomic E-state index is -4.00. The third-order valence-corrected chi connectivity index (χ3v) is 5.59. The van der Waals surface area contributed by atoms with Crippen LogP contribution in [0.1, 0.15) is 39.5 Å². The van der Waals surface area contributed by atoms with Crippen LogP contribution in [0.25, 0.3) is 0 Å². The van der Waals surface area contributed by atoms with Crippen LogP contribution in [-0.2, 0) is 9.84 Å². The van der Waals surface area contributed by atoms with Gasteiger partial charge in [0.2, 0.25) is 0 Å². The van der Waals surface area contributed by atoms with Gasteiger partial charge < -0.3 is 0 Å². The summed E-state index contributed by atoms with van der Waals surface area (Å²) in [7, 11) is -4.00. The van der Waals surface area contributed by atoms with Crippen LogP contribution < -0.4 is 0 Å². The Morgan fingerprint density at radius 2 is 1.74 bits per heavy atom. The molecule has 0 aliphatic heterocycles. The van der Waals surface area contributed by atoms with E-state index in [1.807, 2.05) is 19.9 Å². The van der Waals surface area contributed by atoms with Crippen LogP contribution in [0.3, 0.4) is 0 Å². The summed E-state index contributed by atoms with van der Waals surface area (Å²) >= 11 is 0. The van der Waals surface area contributed by atoms with Gasteiger partial charge in [-0.15, -0.1) is 0 Å². The van der Waals surface area contributed by atoms with Gasteiger partial charge >= 0.3 is 0 Å². The van der Waals surface area contributed by atoms with Crippen LogP contribution in [0.2, 0.25) is 0 Å². The minimum Gasteiger partial charge on any atom is -0.222 e. The van der Waals surface area contributed by atoms with Crippen molar-refractivity contribution in [2.75, 3.05) is 0 Å². The van der Waals surface area contributed by atoms with Crippen LogP contribution >= 0.6 is 0 Å². The van der Waals surface area contributed by atoms with Gasteiger partial charge in [-0.1, -0.05) is 38.8 Å². The monoisotopic (exact) mass is 283 g/mol. The highest BCUT2D eigenvalue weighted by atomic mass is 32.2. The molecule has 1 aromatic rings. The predicted molar refractivity (Wildman–Crippen MR) is 71.7 cm³/mol. The molecule has 0 atom stereocenters. The molecule has 104 valence electrons. The van der Waals surface area contributed by atoms with E-state index in [1.165, 1.54) is 18.2 Å². The third-order valence-electron chi connectivity index (χ3n) is 3.15. The van der Waals surface area contributed by atoms with Crippen molar-refractivity contribution >= 4 is 9.84 Å². The van der Waals surface area contributed by atoms with E-state index >= 15 is 0 Å². The fourth-order valence-electron chi connectivity index (χ4n) is 2.25. The van der Waals surface area contributed by atoms with Crippen molar-refractivity contribution in [2.24, 2.45) is 0 Å². The maximum absolute atomic E-state index is 13.7. The smallest absolute Gasteiger partial charge is 0.200 e. The maximum Gasteiger partial charge on any atom is 0.200 e. The van der Waals surface area contributed by atoms with Crippen LogP contribution in [0, 0.1) is 17.1 Å². The summed E-state index contributed by atoms with van der Waals surface area (Å²) in [5.41, 5.74) is 0. The Morgan fingerprint density at radius 3 is 2.16 bits per heavy atom. The van der Waals surface area contributed by atoms with Crippen LogP contribution in [0.15, 0.2) is 29.2 Å². The largest absolute Gasteiger partial charge is 0.222 e. The van der Waals surface area contributed by atoms with Gasteiger partial charge in [0.25, 0.3) is 0 Å². The molecule has 0 saturated carbocycles. The van der Waals surface area contributed by atoms with E-state index in [0.29, 0.717) is 12.8 Å². The highest BCUT2D eigenvalue weighted by molar-refractivity contribution is 7.93. The van der Waals surface area contributed by atoms with Crippen molar-refractivity contribution < 1.29 is 12.8 Å². The Bertz CT molecular complexity index is 569. The Balaban J connectivity index is 3.45. The lowest BCUT2D eigenvalue weighted by atomic mass is 9.99. The quantitative estimate of drug-likeness (QED) is 0.803. The lowest BCUT2D eigenvalue weighted by Gasteiger charge is -2.26. The maximum atomic E-state index is 13.7. The first-order valence-corrected chi connectivity index (χ1v) is 7.84. The van der Waals surface area contributed by atoms with Gasteiger partial charge in [0, 0.05) is 0 Å². The second kappa shape index (κ2) is 6.16. The molecule has 1 aromatic carbocycles. The van der Waals surface area contributed by atoms with Crippen molar-refractivity contribution in [2.45, 2.75) is 49.2 Å². The van der Waals surface area contributed by atoms with Gasteiger partial charge in [0.1, 0.15) is 10.7 Å². The zero-order valence-corrected chi connectivity index (χ0v) is 12.0. The number of rotatable bonds is 6. The van der Waals surface area contributed by atoms with E-state index < -0.39 is 20.4 Å². The number of hydrogen-bond donors (Lipinski definition) is 0. The van der Waals surface area contributed by atoms with Crippen LogP contribution in [0.4, 0.5) is 4.39 Å². The summed E-state index contributed by atoms with van der Waals surface area (Å²) in [6.07, 6.45) is 1.55. The van der Waals surface area contributed by atoms with E-state index in [-0.39, 0.29) is 17.7 Å². The summed E-state index contributed by atoms with van der Waals surface area (Å²) < 4.78 is 37.5. The molecule has 19 heavy (non-hydrogen) atoms. The van der Waals surface area contributed by atoms with E-state index in [9.17, 15) is 18.1 Å². The standard InChI is InChI=1S/C14H18FNO2S/c1-3-9-14(11-16,10-4-2)19(17,18)13-8-6-5-7-12(13)15/h5-8H,3-4,9-10H2,1-2H3. The van der Waals surface area contributed by atoms with Crippen molar-refractivity contribution in [3.05, 3.63) is 30.1 Å². The molecule has 0 saturated heterocycles. The van der Waals surface area contributed by atoms with Gasteiger partial charge in [-0.25, -0.2) is 12.8 Å². The topological polar surface area (TPSA) is 57.9 Å². The van der Waals surface area contributed by atoms with Crippen LogP contribution in [-0.4, -0.2) is 13.2 Å². The first-order valence-electron chi connectivity index (χ1n) is 6.35. The zero-order chi connectivity index (χ0) is 14.5. The van der Waals surface area contributed by atoms with Crippen molar-refractivity contribution in [1.29, 1.82) is 5.26 Å². The molecule has 0 N–H and O–H groups in total. The Kier molecular flexibility index (Phi) is 5.07. The van der Waals surface area contributed by atoms with E-state index in [2.05, 4.69) is 0 Å². The summed E-state index contributed by atoms with van der Waals surface area (Å²) in [4.78, 5) is -0.376. The highest BCUT2D eigenvalue weighted by Crippen LogP contribution is 2.34. The molecule has 0 aromatic heterocycles. The Morgan fingerprint density at radius 1 is 1.21 bits per heavy atom. The van der Waals surface area contributed by atoms with E-state index in [0.717, 1.165) is 6.07 Å². The third kappa shape index (κ3) is 2.79. The Hall–Kier alpha value is -1.41. The minimum absolute atomic E-state index is 0.216. The fraction of sp³-hybridized carbons (Fsp3) is 0.500. The molecule has 0 spiro atoms. The lowest BCUT2D eigenvalue weighted by molar-refractivity contribution is 0.500. The molecular weight excluding hydrogens is 265 g/mol. The molecule has 0 heterocycles. The molecule has 0 bridgehead atoms. The number of nitriles is 1. The van der Waals surface area contributed by atoms with Gasteiger partial charge in [0.05, 0.1) is 6.07 Å². The summed E-state index contributed by atoms with van der Waals surface area (Å²) in [5, 5.41) is 9.37. The van der Waals surface area contributed by atoms with Crippen molar-refractivity contribution in [1.82, 2.24) is 0 Å². The van der Waals surface area contributed by atoms with Crippen LogP contribution in [0.5, 0.6) is 0 Å². The normalized spacial score (nSPS) is 12.1. The van der Waals surface area contributed by atoms with Gasteiger partial charge in [-0.2, -0.15) is 5.26 Å². The second-order valence-corrected chi connectivity index (χ2v) is 6.77. The first-order chi connectivity index (χ1) is 8.95. The highest BCUT2D eigenvalue weighted by Gasteiger charge is 2.44. The fourth-order valence-corrected chi connectivity index (χ4v) is 4.32. The first kappa shape index (κ1) is 15.6. The molecule has 0 aliphatic rings. The zero-order valence-electron chi connectivity index (χ0n) is 11.2. The molecule has 3 nitrogen and oxygen atoms in total. The molecule has 5 heteroatoms. The number of benzene rings is 1. The number of nitrogens with zero attached hydrogens (tertiary/aromatic N) is 1. The number of halogens is 1. The molecule has 0 radical (unpaired) electrons. The summed E-state index contributed by atoms with van der Waals surface area (Å²) in [5.74, 6) is -0.797. The van der Waals surface area contributed by atoms with Gasteiger partial charge in [-0.3, -0.25) is 0 Å². The summed E-state index contributed by atoms with van der Waals surface area (Å²) in [6.45, 7) is 3.64. The lowest BCUT2D eigenvalue weighted by Crippen LogP contribution is -2.37. The van der Waals surface area contributed by atoms with Crippen molar-refractivity contribution in [3.8, 4) is 6.07 Å². The molecule has 0 fully saturated rings. The molecule has 0 aliphatic carbocycles. The average molecular weight is 283 g/mol. The van der Waals surface area contributed by atoms with E-state index in [4.69, 9.17) is 0 Å².